The van der Waals surface area contributed by atoms with Crippen LogP contribution in [0, 0.1) is 0 Å². The molecular formula is C15H12F6N4O. The first-order valence-corrected chi connectivity index (χ1v) is 7.13. The van der Waals surface area contributed by atoms with E-state index < -0.39 is 35.0 Å². The molecule has 0 unspecified atom stereocenters. The van der Waals surface area contributed by atoms with Crippen LogP contribution < -0.4 is 5.73 Å². The maximum atomic E-state index is 12.9. The standard InChI is InChI=1S/C15H12F6N4O/c1-2-8(12(22)26)6-25-7-23-13(24-25)9-3-10(14(16,17)18)5-11(4-9)15(19,20)21/h3-7H,2H2,1H3,(H2,22,26)/b8-6+. The number of alkyl halides is 6. The molecule has 11 heteroatoms. The van der Waals surface area contributed by atoms with Gasteiger partial charge < -0.3 is 5.73 Å². The number of halogens is 6. The van der Waals surface area contributed by atoms with Crippen LogP contribution in [0.2, 0.25) is 0 Å². The quantitative estimate of drug-likeness (QED) is 0.651. The summed E-state index contributed by atoms with van der Waals surface area (Å²) in [6, 6.07) is 1.06. The van der Waals surface area contributed by atoms with Gasteiger partial charge in [0.2, 0.25) is 5.91 Å². The number of primary amides is 1. The molecule has 1 aromatic heterocycles. The zero-order chi connectivity index (χ0) is 19.7. The van der Waals surface area contributed by atoms with Crippen LogP contribution in [0.5, 0.6) is 0 Å². The lowest BCUT2D eigenvalue weighted by Gasteiger charge is -2.13. The molecule has 0 saturated heterocycles. The predicted octanol–water partition coefficient (Wildman–Crippen LogP) is 3.72. The molecule has 1 amide bonds. The lowest BCUT2D eigenvalue weighted by Crippen LogP contribution is -2.14. The van der Waals surface area contributed by atoms with Gasteiger partial charge in [-0.15, -0.1) is 5.10 Å². The van der Waals surface area contributed by atoms with Gasteiger partial charge in [0, 0.05) is 17.3 Å². The molecule has 5 nitrogen and oxygen atoms in total. The minimum absolute atomic E-state index is 0.0165. The second-order valence-electron chi connectivity index (χ2n) is 5.21. The normalized spacial score (nSPS) is 13.1. The van der Waals surface area contributed by atoms with Gasteiger partial charge in [0.25, 0.3) is 0 Å². The third kappa shape index (κ3) is 4.41. The number of hydrogen-bond acceptors (Lipinski definition) is 3. The molecule has 0 saturated carbocycles. The zero-order valence-electron chi connectivity index (χ0n) is 13.2. The Balaban J connectivity index is 2.54. The van der Waals surface area contributed by atoms with E-state index in [1.807, 2.05) is 0 Å². The summed E-state index contributed by atoms with van der Waals surface area (Å²) < 4.78 is 78.3. The van der Waals surface area contributed by atoms with Crippen molar-refractivity contribution in [1.82, 2.24) is 14.8 Å². The molecule has 0 spiro atoms. The predicted molar refractivity (Wildman–Crippen MR) is 79.2 cm³/mol. The molecule has 0 aliphatic carbocycles. The molecular weight excluding hydrogens is 366 g/mol. The van der Waals surface area contributed by atoms with E-state index in [0.29, 0.717) is 12.1 Å². The van der Waals surface area contributed by atoms with E-state index in [9.17, 15) is 31.1 Å². The van der Waals surface area contributed by atoms with Gasteiger partial charge in [0.15, 0.2) is 5.82 Å². The van der Waals surface area contributed by atoms with Crippen LogP contribution in [0.4, 0.5) is 26.3 Å². The Bertz CT molecular complexity index is 818. The van der Waals surface area contributed by atoms with Gasteiger partial charge in [0.1, 0.15) is 6.33 Å². The molecule has 0 aliphatic rings. The minimum atomic E-state index is -4.97. The molecule has 0 aliphatic heterocycles. The van der Waals surface area contributed by atoms with E-state index in [4.69, 9.17) is 5.73 Å². The number of carbonyl (C=O) groups is 1. The first-order chi connectivity index (χ1) is 11.9. The highest BCUT2D eigenvalue weighted by molar-refractivity contribution is 5.94. The topological polar surface area (TPSA) is 73.8 Å². The molecule has 1 aromatic carbocycles. The summed E-state index contributed by atoms with van der Waals surface area (Å²) in [4.78, 5) is 14.9. The summed E-state index contributed by atoms with van der Waals surface area (Å²) in [5.41, 5.74) is 1.88. The Kier molecular flexibility index (Phi) is 5.10. The van der Waals surface area contributed by atoms with Crippen molar-refractivity contribution in [3.05, 3.63) is 41.2 Å². The fourth-order valence-electron chi connectivity index (χ4n) is 2.04. The van der Waals surface area contributed by atoms with Crippen molar-refractivity contribution in [2.45, 2.75) is 25.7 Å². The monoisotopic (exact) mass is 378 g/mol. The maximum Gasteiger partial charge on any atom is 0.416 e. The maximum absolute atomic E-state index is 12.9. The van der Waals surface area contributed by atoms with Crippen LogP contribution in [0.3, 0.4) is 0 Å². The summed E-state index contributed by atoms with van der Waals surface area (Å²) in [5, 5.41) is 3.78. The van der Waals surface area contributed by atoms with Crippen LogP contribution in [-0.4, -0.2) is 20.7 Å². The Morgan fingerprint density at radius 1 is 1.12 bits per heavy atom. The molecule has 2 aromatic rings. The highest BCUT2D eigenvalue weighted by atomic mass is 19.4. The number of carbonyl (C=O) groups excluding carboxylic acids is 1. The van der Waals surface area contributed by atoms with Gasteiger partial charge >= 0.3 is 12.4 Å². The van der Waals surface area contributed by atoms with Gasteiger partial charge in [-0.3, -0.25) is 4.79 Å². The van der Waals surface area contributed by atoms with E-state index in [2.05, 4.69) is 10.1 Å². The van der Waals surface area contributed by atoms with Crippen LogP contribution in [0.25, 0.3) is 17.6 Å². The Morgan fingerprint density at radius 2 is 1.65 bits per heavy atom. The third-order valence-corrected chi connectivity index (χ3v) is 3.34. The number of hydrogen-bond donors (Lipinski definition) is 1. The number of nitrogens with two attached hydrogens (primary N) is 1. The fourth-order valence-corrected chi connectivity index (χ4v) is 2.04. The molecule has 2 rings (SSSR count). The third-order valence-electron chi connectivity index (χ3n) is 3.34. The van der Waals surface area contributed by atoms with Crippen LogP contribution >= 0.6 is 0 Å². The average molecular weight is 378 g/mol. The van der Waals surface area contributed by atoms with Crippen molar-refractivity contribution >= 4 is 12.1 Å². The molecule has 0 fully saturated rings. The van der Waals surface area contributed by atoms with Crippen LogP contribution in [-0.2, 0) is 17.1 Å². The van der Waals surface area contributed by atoms with Crippen molar-refractivity contribution in [2.24, 2.45) is 5.73 Å². The lowest BCUT2D eigenvalue weighted by atomic mass is 10.0. The molecule has 140 valence electrons. The lowest BCUT2D eigenvalue weighted by molar-refractivity contribution is -0.143. The van der Waals surface area contributed by atoms with Gasteiger partial charge in [-0.2, -0.15) is 26.3 Å². The van der Waals surface area contributed by atoms with Gasteiger partial charge in [0.05, 0.1) is 11.1 Å². The Hall–Kier alpha value is -2.85. The molecule has 0 bridgehead atoms. The summed E-state index contributed by atoms with van der Waals surface area (Å²) in [5.74, 6) is -1.10. The Morgan fingerprint density at radius 3 is 2.08 bits per heavy atom. The smallest absolute Gasteiger partial charge is 0.366 e. The van der Waals surface area contributed by atoms with Gasteiger partial charge in [-0.05, 0) is 24.6 Å². The second-order valence-corrected chi connectivity index (χ2v) is 5.21. The zero-order valence-corrected chi connectivity index (χ0v) is 13.2. The number of amides is 1. The summed E-state index contributed by atoms with van der Waals surface area (Å²) in [7, 11) is 0. The van der Waals surface area contributed by atoms with Crippen LogP contribution in [0.15, 0.2) is 30.1 Å². The molecule has 0 radical (unpaired) electrons. The van der Waals surface area contributed by atoms with Crippen molar-refractivity contribution in [3.63, 3.8) is 0 Å². The highest BCUT2D eigenvalue weighted by Crippen LogP contribution is 2.38. The van der Waals surface area contributed by atoms with Gasteiger partial charge in [-0.1, -0.05) is 6.92 Å². The van der Waals surface area contributed by atoms with Crippen molar-refractivity contribution in [1.29, 1.82) is 0 Å². The van der Waals surface area contributed by atoms with Crippen molar-refractivity contribution in [2.75, 3.05) is 0 Å². The second kappa shape index (κ2) is 6.81. The first-order valence-electron chi connectivity index (χ1n) is 7.13. The summed E-state index contributed by atoms with van der Waals surface area (Å²) in [6.07, 6.45) is -7.45. The van der Waals surface area contributed by atoms with Gasteiger partial charge in [-0.25, -0.2) is 9.67 Å². The molecule has 26 heavy (non-hydrogen) atoms. The fraction of sp³-hybridized carbons (Fsp3) is 0.267. The van der Waals surface area contributed by atoms with Crippen molar-refractivity contribution < 1.29 is 31.1 Å². The van der Waals surface area contributed by atoms with E-state index in [-0.39, 0.29) is 23.9 Å². The SMILES string of the molecule is CC/C(=C\n1cnc(-c2cc(C(F)(F)F)cc(C(F)(F)F)c2)n1)C(N)=O. The number of benzene rings is 1. The van der Waals surface area contributed by atoms with Crippen LogP contribution in [0.1, 0.15) is 24.5 Å². The summed E-state index contributed by atoms with van der Waals surface area (Å²) in [6.45, 7) is 1.64. The van der Waals surface area contributed by atoms with E-state index in [1.165, 1.54) is 6.20 Å². The average Bonchev–Trinajstić information content (AvgIpc) is 2.98. The first kappa shape index (κ1) is 19.5. The summed E-state index contributed by atoms with van der Waals surface area (Å²) >= 11 is 0. The minimum Gasteiger partial charge on any atom is -0.366 e. The van der Waals surface area contributed by atoms with E-state index >= 15 is 0 Å². The number of rotatable bonds is 4. The largest absolute Gasteiger partial charge is 0.416 e. The van der Waals surface area contributed by atoms with E-state index in [1.54, 1.807) is 6.92 Å². The number of aromatic nitrogens is 3. The molecule has 1 heterocycles. The van der Waals surface area contributed by atoms with E-state index in [0.717, 1.165) is 11.0 Å². The molecule has 0 atom stereocenters. The number of nitrogens with zero attached hydrogens (tertiary/aromatic N) is 3. The Labute approximate surface area is 143 Å². The molecule has 2 N–H and O–H groups in total. The highest BCUT2D eigenvalue weighted by Gasteiger charge is 2.37. The van der Waals surface area contributed by atoms with Crippen molar-refractivity contribution in [3.8, 4) is 11.4 Å².